The summed E-state index contributed by atoms with van der Waals surface area (Å²) in [5.41, 5.74) is 5.54. The monoisotopic (exact) mass is 270 g/mol. The summed E-state index contributed by atoms with van der Waals surface area (Å²) in [7, 11) is 0. The van der Waals surface area contributed by atoms with E-state index in [2.05, 4.69) is 0 Å². The van der Waals surface area contributed by atoms with Crippen LogP contribution >= 0.6 is 0 Å². The molecule has 1 aromatic carbocycles. The van der Waals surface area contributed by atoms with Gasteiger partial charge in [-0.25, -0.2) is 0 Å². The molecule has 0 unspecified atom stereocenters. The summed E-state index contributed by atoms with van der Waals surface area (Å²) in [6.45, 7) is 0.904. The Kier molecular flexibility index (Phi) is 3.63. The second-order valence-electron chi connectivity index (χ2n) is 5.47. The van der Waals surface area contributed by atoms with Crippen LogP contribution in [-0.4, -0.2) is 17.2 Å². The molecule has 0 saturated heterocycles. The highest BCUT2D eigenvalue weighted by atomic mass is 16.6. The predicted octanol–water partition coefficient (Wildman–Crippen LogP) is 3.85. The maximum atomic E-state index is 10.7. The van der Waals surface area contributed by atoms with Crippen molar-refractivity contribution in [1.82, 2.24) is 0 Å². The van der Waals surface area contributed by atoms with Gasteiger partial charge in [0.2, 0.25) is 0 Å². The van der Waals surface area contributed by atoms with E-state index in [1.165, 1.54) is 30.5 Å². The van der Waals surface area contributed by atoms with Crippen LogP contribution in [0.15, 0.2) is 40.4 Å². The van der Waals surface area contributed by atoms with Crippen molar-refractivity contribution in [2.75, 3.05) is 6.54 Å². The van der Waals surface area contributed by atoms with E-state index < -0.39 is 0 Å². The van der Waals surface area contributed by atoms with Gasteiger partial charge in [0.15, 0.2) is 0 Å². The molecular weight excluding hydrogens is 252 g/mol. The van der Waals surface area contributed by atoms with Crippen molar-refractivity contribution in [1.29, 1.82) is 0 Å². The normalized spacial score (nSPS) is 18.5. The van der Waals surface area contributed by atoms with E-state index in [1.807, 2.05) is 12.1 Å². The number of nitro benzene ring substituents is 1. The van der Waals surface area contributed by atoms with Gasteiger partial charge in [-0.15, -0.1) is 0 Å². The molecule has 1 heterocycles. The van der Waals surface area contributed by atoms with Crippen LogP contribution in [0.1, 0.15) is 37.7 Å². The fourth-order valence-corrected chi connectivity index (χ4v) is 3.10. The Morgan fingerprint density at radius 3 is 2.60 bits per heavy atom. The summed E-state index contributed by atoms with van der Waals surface area (Å²) in [6, 6.07) is 6.85. The average molecular weight is 270 g/mol. The highest BCUT2D eigenvalue weighted by molar-refractivity contribution is 6.02. The summed E-state index contributed by atoms with van der Waals surface area (Å²) in [4.78, 5) is 15.0. The smallest absolute Gasteiger partial charge is 0.269 e. The highest BCUT2D eigenvalue weighted by Crippen LogP contribution is 2.31. The van der Waals surface area contributed by atoms with Gasteiger partial charge in [0, 0.05) is 30.8 Å². The van der Waals surface area contributed by atoms with Crippen molar-refractivity contribution in [2.45, 2.75) is 38.5 Å². The van der Waals surface area contributed by atoms with Gasteiger partial charge < -0.3 is 0 Å². The minimum absolute atomic E-state index is 0.150. The third kappa shape index (κ3) is 2.64. The number of aliphatic imine (C=N–C) groups is 1. The lowest BCUT2D eigenvalue weighted by Crippen LogP contribution is -2.18. The molecule has 1 aromatic rings. The van der Waals surface area contributed by atoms with Crippen molar-refractivity contribution in [3.8, 4) is 0 Å². The summed E-state index contributed by atoms with van der Waals surface area (Å²) in [5.74, 6) is 0. The van der Waals surface area contributed by atoms with Crippen molar-refractivity contribution >= 4 is 11.4 Å². The maximum Gasteiger partial charge on any atom is 0.269 e. The Morgan fingerprint density at radius 1 is 1.10 bits per heavy atom. The average Bonchev–Trinajstić information content (AvgIpc) is 2.48. The van der Waals surface area contributed by atoms with Crippen molar-refractivity contribution in [2.24, 2.45) is 4.99 Å². The number of benzene rings is 1. The van der Waals surface area contributed by atoms with Crippen molar-refractivity contribution in [3.63, 3.8) is 0 Å². The SMILES string of the molecule is O=[N+]([O-])c1ccc(CC2=NCCC3=C2CCCC3)cc1. The van der Waals surface area contributed by atoms with Crippen LogP contribution in [0.5, 0.6) is 0 Å². The molecule has 0 amide bonds. The van der Waals surface area contributed by atoms with Gasteiger partial charge in [0.25, 0.3) is 5.69 Å². The molecule has 2 aliphatic rings. The van der Waals surface area contributed by atoms with Crippen molar-refractivity contribution < 1.29 is 4.92 Å². The third-order valence-electron chi connectivity index (χ3n) is 4.17. The summed E-state index contributed by atoms with van der Waals surface area (Å²) < 4.78 is 0. The molecule has 0 radical (unpaired) electrons. The molecule has 20 heavy (non-hydrogen) atoms. The van der Waals surface area contributed by atoms with Crippen LogP contribution in [0.3, 0.4) is 0 Å². The number of rotatable bonds is 3. The summed E-state index contributed by atoms with van der Waals surface area (Å²) >= 11 is 0. The van der Waals surface area contributed by atoms with Gasteiger partial charge in [0.05, 0.1) is 4.92 Å². The second-order valence-corrected chi connectivity index (χ2v) is 5.47. The number of hydrogen-bond acceptors (Lipinski definition) is 3. The molecule has 0 fully saturated rings. The van der Waals surface area contributed by atoms with Crippen LogP contribution in [0.25, 0.3) is 0 Å². The second kappa shape index (κ2) is 5.57. The summed E-state index contributed by atoms with van der Waals surface area (Å²) in [6.07, 6.45) is 6.88. The Labute approximate surface area is 118 Å². The van der Waals surface area contributed by atoms with Crippen molar-refractivity contribution in [3.05, 3.63) is 51.1 Å². The van der Waals surface area contributed by atoms with Crippen LogP contribution < -0.4 is 0 Å². The van der Waals surface area contributed by atoms with E-state index in [9.17, 15) is 10.1 Å². The predicted molar refractivity (Wildman–Crippen MR) is 79.2 cm³/mol. The van der Waals surface area contributed by atoms with E-state index in [4.69, 9.17) is 4.99 Å². The van der Waals surface area contributed by atoms with Gasteiger partial charge in [-0.05, 0) is 43.2 Å². The fourth-order valence-electron chi connectivity index (χ4n) is 3.10. The topological polar surface area (TPSA) is 55.5 Å². The standard InChI is InChI=1S/C16H18N2O2/c19-18(20)14-7-5-12(6-8-14)11-16-15-4-2-1-3-13(15)9-10-17-16/h5-8H,1-4,9-11H2. The largest absolute Gasteiger partial charge is 0.289 e. The molecule has 0 atom stereocenters. The van der Waals surface area contributed by atoms with Gasteiger partial charge >= 0.3 is 0 Å². The Bertz CT molecular complexity index is 585. The van der Waals surface area contributed by atoms with Gasteiger partial charge in [-0.2, -0.15) is 0 Å². The zero-order valence-electron chi connectivity index (χ0n) is 11.5. The molecule has 0 N–H and O–H groups in total. The molecule has 0 bridgehead atoms. The van der Waals surface area contributed by atoms with E-state index >= 15 is 0 Å². The number of dihydropyridines is 1. The molecule has 4 nitrogen and oxygen atoms in total. The van der Waals surface area contributed by atoms with E-state index in [-0.39, 0.29) is 10.6 Å². The number of hydrogen-bond donors (Lipinski definition) is 0. The number of nitrogens with zero attached hydrogens (tertiary/aromatic N) is 2. The molecule has 1 aliphatic heterocycles. The van der Waals surface area contributed by atoms with E-state index in [0.717, 1.165) is 31.4 Å². The molecule has 4 heteroatoms. The van der Waals surface area contributed by atoms with Gasteiger partial charge in [-0.3, -0.25) is 15.1 Å². The quantitative estimate of drug-likeness (QED) is 0.618. The first-order valence-electron chi connectivity index (χ1n) is 7.22. The van der Waals surface area contributed by atoms with Crippen LogP contribution in [-0.2, 0) is 6.42 Å². The van der Waals surface area contributed by atoms with E-state index in [1.54, 1.807) is 17.7 Å². The third-order valence-corrected chi connectivity index (χ3v) is 4.17. The first-order valence-corrected chi connectivity index (χ1v) is 7.22. The van der Waals surface area contributed by atoms with Crippen LogP contribution in [0.4, 0.5) is 5.69 Å². The molecule has 0 spiro atoms. The number of non-ortho nitro benzene ring substituents is 1. The van der Waals surface area contributed by atoms with E-state index in [0.29, 0.717) is 0 Å². The first kappa shape index (κ1) is 13.0. The minimum Gasteiger partial charge on any atom is -0.289 e. The lowest BCUT2D eigenvalue weighted by molar-refractivity contribution is -0.384. The first-order chi connectivity index (χ1) is 9.74. The zero-order valence-corrected chi connectivity index (χ0v) is 11.5. The van der Waals surface area contributed by atoms with Crippen LogP contribution in [0, 0.1) is 10.1 Å². The maximum absolute atomic E-state index is 10.7. The fraction of sp³-hybridized carbons (Fsp3) is 0.438. The molecule has 0 aromatic heterocycles. The molecule has 3 rings (SSSR count). The lowest BCUT2D eigenvalue weighted by atomic mass is 9.84. The highest BCUT2D eigenvalue weighted by Gasteiger charge is 2.20. The van der Waals surface area contributed by atoms with Gasteiger partial charge in [0.1, 0.15) is 0 Å². The summed E-state index contributed by atoms with van der Waals surface area (Å²) in [5, 5.41) is 10.7. The molecule has 1 aliphatic carbocycles. The number of nitro groups is 1. The lowest BCUT2D eigenvalue weighted by Gasteiger charge is -2.25. The minimum atomic E-state index is -0.357. The van der Waals surface area contributed by atoms with Gasteiger partial charge in [-0.1, -0.05) is 17.7 Å². The number of allylic oxidation sites excluding steroid dienone is 1. The molecular formula is C16H18N2O2. The molecule has 0 saturated carbocycles. The zero-order chi connectivity index (χ0) is 13.9. The Hall–Kier alpha value is -1.97. The Balaban J connectivity index is 1.78. The Morgan fingerprint density at radius 2 is 1.85 bits per heavy atom. The van der Waals surface area contributed by atoms with Crippen LogP contribution in [0.2, 0.25) is 0 Å². The molecule has 104 valence electrons.